The van der Waals surface area contributed by atoms with Gasteiger partial charge in [0.15, 0.2) is 5.82 Å². The van der Waals surface area contributed by atoms with Crippen molar-refractivity contribution in [3.63, 3.8) is 0 Å². The van der Waals surface area contributed by atoms with E-state index >= 15 is 0 Å². The number of ether oxygens (including phenoxy) is 1. The SMILES string of the molecule is CC1(C)NC(=O)N(Cc2noc(C3CCCOCC3)n2)C1=O. The smallest absolute Gasteiger partial charge is 0.325 e. The number of hydrogen-bond acceptors (Lipinski definition) is 6. The first-order chi connectivity index (χ1) is 10.5. The standard InChI is InChI=1S/C14H20N4O4/c1-14(2)12(19)18(13(20)16-14)8-10-15-11(22-17-10)9-4-3-6-21-7-5-9/h9H,3-8H2,1-2H3,(H,16,20). The molecule has 2 aliphatic rings. The van der Waals surface area contributed by atoms with Crippen LogP contribution in [0.1, 0.15) is 50.7 Å². The van der Waals surface area contributed by atoms with Crippen LogP contribution in [0.4, 0.5) is 4.79 Å². The number of rotatable bonds is 3. The molecule has 3 rings (SSSR count). The summed E-state index contributed by atoms with van der Waals surface area (Å²) in [6.45, 7) is 4.81. The van der Waals surface area contributed by atoms with Gasteiger partial charge in [-0.3, -0.25) is 9.69 Å². The van der Waals surface area contributed by atoms with Crippen LogP contribution in [0.3, 0.4) is 0 Å². The lowest BCUT2D eigenvalue weighted by Gasteiger charge is -2.14. The van der Waals surface area contributed by atoms with Crippen molar-refractivity contribution in [2.45, 2.75) is 51.1 Å². The highest BCUT2D eigenvalue weighted by atomic mass is 16.5. The zero-order valence-corrected chi connectivity index (χ0v) is 12.8. The van der Waals surface area contributed by atoms with Gasteiger partial charge >= 0.3 is 6.03 Å². The van der Waals surface area contributed by atoms with Gasteiger partial charge in [0.25, 0.3) is 5.91 Å². The van der Waals surface area contributed by atoms with Crippen molar-refractivity contribution in [2.75, 3.05) is 13.2 Å². The molecular weight excluding hydrogens is 288 g/mol. The van der Waals surface area contributed by atoms with Crippen LogP contribution in [0.15, 0.2) is 4.52 Å². The van der Waals surface area contributed by atoms with Gasteiger partial charge in [0.2, 0.25) is 5.89 Å². The number of aromatic nitrogens is 2. The molecule has 2 saturated heterocycles. The number of urea groups is 1. The molecule has 0 aromatic carbocycles. The quantitative estimate of drug-likeness (QED) is 0.842. The summed E-state index contributed by atoms with van der Waals surface area (Å²) in [5, 5.41) is 6.53. The zero-order chi connectivity index (χ0) is 15.7. The summed E-state index contributed by atoms with van der Waals surface area (Å²) in [7, 11) is 0. The van der Waals surface area contributed by atoms with Gasteiger partial charge in [-0.1, -0.05) is 5.16 Å². The molecule has 1 N–H and O–H groups in total. The minimum atomic E-state index is -0.887. The second-order valence-corrected chi connectivity index (χ2v) is 6.24. The number of carbonyl (C=O) groups excluding carboxylic acids is 2. The Kier molecular flexibility index (Phi) is 3.86. The average Bonchev–Trinajstić information content (AvgIpc) is 2.85. The Morgan fingerprint density at radius 3 is 2.86 bits per heavy atom. The fourth-order valence-electron chi connectivity index (χ4n) is 2.75. The molecule has 2 fully saturated rings. The second kappa shape index (κ2) is 5.68. The molecule has 3 heterocycles. The lowest BCUT2D eigenvalue weighted by molar-refractivity contribution is -0.130. The second-order valence-electron chi connectivity index (χ2n) is 6.24. The third kappa shape index (κ3) is 2.83. The maximum atomic E-state index is 12.1. The van der Waals surface area contributed by atoms with E-state index in [0.29, 0.717) is 18.3 Å². The van der Waals surface area contributed by atoms with Gasteiger partial charge in [-0.15, -0.1) is 0 Å². The lowest BCUT2D eigenvalue weighted by atomic mass is 10.0. The third-order valence-corrected chi connectivity index (χ3v) is 4.03. The van der Waals surface area contributed by atoms with Gasteiger partial charge < -0.3 is 14.6 Å². The van der Waals surface area contributed by atoms with Gasteiger partial charge in [0.05, 0.1) is 6.54 Å². The minimum Gasteiger partial charge on any atom is -0.381 e. The summed E-state index contributed by atoms with van der Waals surface area (Å²) in [5.74, 6) is 0.809. The van der Waals surface area contributed by atoms with Crippen molar-refractivity contribution in [1.82, 2.24) is 20.4 Å². The molecule has 1 aromatic heterocycles. The summed E-state index contributed by atoms with van der Waals surface area (Å²) in [6, 6.07) is -0.427. The van der Waals surface area contributed by atoms with Gasteiger partial charge in [0.1, 0.15) is 5.54 Å². The maximum Gasteiger partial charge on any atom is 0.325 e. The molecule has 1 aromatic rings. The van der Waals surface area contributed by atoms with Gasteiger partial charge in [-0.2, -0.15) is 4.98 Å². The van der Waals surface area contributed by atoms with E-state index in [-0.39, 0.29) is 18.4 Å². The Balaban J connectivity index is 1.69. The van der Waals surface area contributed by atoms with Crippen LogP contribution >= 0.6 is 0 Å². The van der Waals surface area contributed by atoms with E-state index in [9.17, 15) is 9.59 Å². The highest BCUT2D eigenvalue weighted by Gasteiger charge is 2.44. The van der Waals surface area contributed by atoms with Gasteiger partial charge in [-0.25, -0.2) is 4.79 Å². The normalized spacial score (nSPS) is 25.2. The molecule has 8 heteroatoms. The van der Waals surface area contributed by atoms with Crippen molar-refractivity contribution >= 4 is 11.9 Å². The van der Waals surface area contributed by atoms with Crippen molar-refractivity contribution in [3.8, 4) is 0 Å². The molecule has 1 atom stereocenters. The highest BCUT2D eigenvalue weighted by molar-refractivity contribution is 6.06. The van der Waals surface area contributed by atoms with E-state index in [1.807, 2.05) is 0 Å². The molecule has 120 valence electrons. The molecule has 1 unspecified atom stereocenters. The monoisotopic (exact) mass is 308 g/mol. The Bertz CT molecular complexity index is 575. The van der Waals surface area contributed by atoms with Gasteiger partial charge in [-0.05, 0) is 33.1 Å². The van der Waals surface area contributed by atoms with Crippen LogP contribution < -0.4 is 5.32 Å². The molecule has 0 saturated carbocycles. The van der Waals surface area contributed by atoms with Crippen LogP contribution in [-0.2, 0) is 16.1 Å². The fraction of sp³-hybridized carbons (Fsp3) is 0.714. The van der Waals surface area contributed by atoms with E-state index in [0.717, 1.165) is 30.8 Å². The molecule has 3 amide bonds. The Labute approximate surface area is 128 Å². The van der Waals surface area contributed by atoms with Crippen LogP contribution in [0.5, 0.6) is 0 Å². The maximum absolute atomic E-state index is 12.1. The third-order valence-electron chi connectivity index (χ3n) is 4.03. The zero-order valence-electron chi connectivity index (χ0n) is 12.8. The van der Waals surface area contributed by atoms with Crippen LogP contribution in [-0.4, -0.2) is 45.7 Å². The number of imide groups is 1. The van der Waals surface area contributed by atoms with Crippen molar-refractivity contribution < 1.29 is 18.8 Å². The summed E-state index contributed by atoms with van der Waals surface area (Å²) in [5.41, 5.74) is -0.887. The number of carbonyl (C=O) groups is 2. The number of nitrogens with zero attached hydrogens (tertiary/aromatic N) is 3. The van der Waals surface area contributed by atoms with Crippen molar-refractivity contribution in [2.24, 2.45) is 0 Å². The predicted molar refractivity (Wildman–Crippen MR) is 74.9 cm³/mol. The topological polar surface area (TPSA) is 97.6 Å². The summed E-state index contributed by atoms with van der Waals surface area (Å²) >= 11 is 0. The molecular formula is C14H20N4O4. The van der Waals surface area contributed by atoms with Crippen LogP contribution in [0.2, 0.25) is 0 Å². The van der Waals surface area contributed by atoms with E-state index in [1.165, 1.54) is 0 Å². The molecule has 0 aliphatic carbocycles. The average molecular weight is 308 g/mol. The molecule has 22 heavy (non-hydrogen) atoms. The first kappa shape index (κ1) is 15.0. The summed E-state index contributed by atoms with van der Waals surface area (Å²) in [4.78, 5) is 29.4. The van der Waals surface area contributed by atoms with Crippen molar-refractivity contribution in [3.05, 3.63) is 11.7 Å². The lowest BCUT2D eigenvalue weighted by Crippen LogP contribution is -2.40. The first-order valence-electron chi connectivity index (χ1n) is 7.52. The summed E-state index contributed by atoms with van der Waals surface area (Å²) < 4.78 is 10.7. The van der Waals surface area contributed by atoms with E-state index in [4.69, 9.17) is 9.26 Å². The number of hydrogen-bond donors (Lipinski definition) is 1. The van der Waals surface area contributed by atoms with Gasteiger partial charge in [0, 0.05) is 19.1 Å². The molecule has 2 aliphatic heterocycles. The number of amides is 3. The van der Waals surface area contributed by atoms with E-state index in [2.05, 4.69) is 15.5 Å². The molecule has 0 spiro atoms. The van der Waals surface area contributed by atoms with Crippen LogP contribution in [0.25, 0.3) is 0 Å². The highest BCUT2D eigenvalue weighted by Crippen LogP contribution is 2.26. The fourth-order valence-corrected chi connectivity index (χ4v) is 2.75. The Morgan fingerprint density at radius 2 is 2.14 bits per heavy atom. The predicted octanol–water partition coefficient (Wildman–Crippen LogP) is 1.18. The Morgan fingerprint density at radius 1 is 1.32 bits per heavy atom. The molecule has 0 bridgehead atoms. The minimum absolute atomic E-state index is 0.0286. The Hall–Kier alpha value is -1.96. The molecule has 8 nitrogen and oxygen atoms in total. The van der Waals surface area contributed by atoms with Crippen LogP contribution in [0, 0.1) is 0 Å². The van der Waals surface area contributed by atoms with E-state index < -0.39 is 11.6 Å². The molecule has 0 radical (unpaired) electrons. The van der Waals surface area contributed by atoms with E-state index in [1.54, 1.807) is 13.8 Å². The first-order valence-corrected chi connectivity index (χ1v) is 7.52. The summed E-state index contributed by atoms with van der Waals surface area (Å²) in [6.07, 6.45) is 2.75. The largest absolute Gasteiger partial charge is 0.381 e. The van der Waals surface area contributed by atoms with Crippen molar-refractivity contribution in [1.29, 1.82) is 0 Å². The number of nitrogens with one attached hydrogen (secondary N) is 1.